The Morgan fingerprint density at radius 3 is 2.14 bits per heavy atom. The number of hydrogen-bond donors (Lipinski definition) is 0. The molecule has 1 aromatic carbocycles. The maximum absolute atomic E-state index is 13.9. The van der Waals surface area contributed by atoms with Crippen LogP contribution in [0.15, 0.2) is 24.3 Å². The summed E-state index contributed by atoms with van der Waals surface area (Å²) < 4.78 is 19.8. The minimum atomic E-state index is -0.530. The van der Waals surface area contributed by atoms with E-state index in [9.17, 15) is 18.8 Å². The first-order valence-electron chi connectivity index (χ1n) is 9.18. The molecule has 2 aromatic rings. The molecule has 0 atom stereocenters. The van der Waals surface area contributed by atoms with Crippen molar-refractivity contribution in [2.75, 3.05) is 52.5 Å². The van der Waals surface area contributed by atoms with Gasteiger partial charge in [0.05, 0.1) is 18.1 Å². The zero-order valence-corrected chi connectivity index (χ0v) is 16.0. The number of benzene rings is 1. The minimum absolute atomic E-state index is 0.174. The van der Waals surface area contributed by atoms with Crippen molar-refractivity contribution in [2.45, 2.75) is 0 Å². The Bertz CT molecular complexity index is 917. The number of halogens is 1. The van der Waals surface area contributed by atoms with Crippen LogP contribution in [0, 0.1) is 5.82 Å². The fraction of sp³-hybridized carbons (Fsp3) is 0.421. The van der Waals surface area contributed by atoms with Crippen molar-refractivity contribution in [2.24, 2.45) is 0 Å². The van der Waals surface area contributed by atoms with Crippen LogP contribution in [-0.2, 0) is 14.3 Å². The second-order valence-electron chi connectivity index (χ2n) is 6.75. The quantitative estimate of drug-likeness (QED) is 0.669. The number of ether oxygens (including phenoxy) is 1. The predicted molar refractivity (Wildman–Crippen MR) is 102 cm³/mol. The predicted octanol–water partition coefficient (Wildman–Crippen LogP) is 1.18. The summed E-state index contributed by atoms with van der Waals surface area (Å²) in [5.41, 5.74) is 0. The molecule has 7 nitrogen and oxygen atoms in total. The van der Waals surface area contributed by atoms with Crippen LogP contribution in [-0.4, -0.2) is 84.9 Å². The first kappa shape index (κ1) is 18.8. The summed E-state index contributed by atoms with van der Waals surface area (Å²) in [5, 5.41) is 0.445. The molecule has 0 radical (unpaired) electrons. The minimum Gasteiger partial charge on any atom is -0.378 e. The molecule has 2 aliphatic rings. The lowest BCUT2D eigenvalue weighted by atomic mass is 10.2. The van der Waals surface area contributed by atoms with E-state index in [2.05, 4.69) is 0 Å². The number of morpholine rings is 1. The van der Waals surface area contributed by atoms with Gasteiger partial charge in [-0.25, -0.2) is 4.39 Å². The van der Waals surface area contributed by atoms with E-state index in [4.69, 9.17) is 4.74 Å². The second-order valence-corrected chi connectivity index (χ2v) is 7.84. The number of nitrogens with zero attached hydrogens (tertiary/aromatic N) is 3. The Morgan fingerprint density at radius 1 is 0.893 bits per heavy atom. The Hall–Kier alpha value is -2.52. The van der Waals surface area contributed by atoms with Gasteiger partial charge in [0.1, 0.15) is 5.82 Å². The van der Waals surface area contributed by atoms with Crippen molar-refractivity contribution in [3.05, 3.63) is 35.0 Å². The van der Waals surface area contributed by atoms with E-state index in [1.165, 1.54) is 27.2 Å². The van der Waals surface area contributed by atoms with E-state index in [1.54, 1.807) is 23.1 Å². The van der Waals surface area contributed by atoms with Crippen LogP contribution in [0.2, 0.25) is 0 Å². The molecule has 0 aliphatic carbocycles. The molecule has 0 saturated carbocycles. The van der Waals surface area contributed by atoms with Crippen LogP contribution in [0.1, 0.15) is 9.67 Å². The first-order valence-corrected chi connectivity index (χ1v) is 9.99. The summed E-state index contributed by atoms with van der Waals surface area (Å²) in [4.78, 5) is 42.7. The number of piperazine rings is 1. The van der Waals surface area contributed by atoms with E-state index in [-0.39, 0.29) is 11.7 Å². The molecule has 0 bridgehead atoms. The largest absolute Gasteiger partial charge is 0.378 e. The van der Waals surface area contributed by atoms with Gasteiger partial charge in [0.15, 0.2) is 0 Å². The summed E-state index contributed by atoms with van der Waals surface area (Å²) >= 11 is 1.26. The summed E-state index contributed by atoms with van der Waals surface area (Å²) in [6.45, 7) is 3.03. The van der Waals surface area contributed by atoms with Crippen LogP contribution in [0.3, 0.4) is 0 Å². The zero-order valence-electron chi connectivity index (χ0n) is 15.2. The van der Waals surface area contributed by atoms with E-state index in [1.807, 2.05) is 0 Å². The van der Waals surface area contributed by atoms with Crippen LogP contribution >= 0.6 is 11.3 Å². The lowest BCUT2D eigenvalue weighted by Crippen LogP contribution is -2.55. The summed E-state index contributed by atoms with van der Waals surface area (Å²) in [6, 6.07) is 6.36. The van der Waals surface area contributed by atoms with Crippen LogP contribution in [0.4, 0.5) is 4.39 Å². The molecule has 148 valence electrons. The average Bonchev–Trinajstić information content (AvgIpc) is 3.19. The summed E-state index contributed by atoms with van der Waals surface area (Å²) in [5.74, 6) is -1.56. The third kappa shape index (κ3) is 3.59. The maximum atomic E-state index is 13.9. The van der Waals surface area contributed by atoms with Crippen molar-refractivity contribution < 1.29 is 23.5 Å². The highest BCUT2D eigenvalue weighted by molar-refractivity contribution is 7.20. The second kappa shape index (κ2) is 7.84. The van der Waals surface area contributed by atoms with Gasteiger partial charge in [0, 0.05) is 49.4 Å². The number of hydrogen-bond acceptors (Lipinski definition) is 5. The lowest BCUT2D eigenvalue weighted by molar-refractivity contribution is -0.154. The van der Waals surface area contributed by atoms with Crippen molar-refractivity contribution in [1.82, 2.24) is 14.7 Å². The van der Waals surface area contributed by atoms with Gasteiger partial charge in [0.2, 0.25) is 0 Å². The monoisotopic (exact) mass is 405 g/mol. The Morgan fingerprint density at radius 2 is 1.50 bits per heavy atom. The van der Waals surface area contributed by atoms with Crippen molar-refractivity contribution in [3.63, 3.8) is 0 Å². The molecular formula is C19H20FN3O4S. The molecule has 4 rings (SSSR count). The van der Waals surface area contributed by atoms with Gasteiger partial charge < -0.3 is 19.4 Å². The zero-order chi connectivity index (χ0) is 19.7. The molecule has 0 spiro atoms. The molecule has 1 aromatic heterocycles. The SMILES string of the molecule is O=C(C(=O)N1CCN(C(=O)c2cc3c(F)cccc3s2)CC1)N1CCOCC1. The van der Waals surface area contributed by atoms with E-state index in [0.29, 0.717) is 62.7 Å². The molecule has 3 amide bonds. The molecule has 2 aliphatic heterocycles. The molecule has 28 heavy (non-hydrogen) atoms. The number of thiophene rings is 1. The van der Waals surface area contributed by atoms with Crippen LogP contribution in [0.25, 0.3) is 10.1 Å². The Balaban J connectivity index is 1.37. The van der Waals surface area contributed by atoms with Gasteiger partial charge in [-0.2, -0.15) is 0 Å². The standard InChI is InChI=1S/C19H20FN3O4S/c20-14-2-1-3-15-13(14)12-16(28-15)17(24)21-4-6-22(7-5-21)18(25)19(26)23-8-10-27-11-9-23/h1-3,12H,4-11H2. The normalized spacial score (nSPS) is 17.8. The summed E-state index contributed by atoms with van der Waals surface area (Å²) in [7, 11) is 0. The number of fused-ring (bicyclic) bond motifs is 1. The van der Waals surface area contributed by atoms with E-state index >= 15 is 0 Å². The van der Waals surface area contributed by atoms with Gasteiger partial charge in [0.25, 0.3) is 5.91 Å². The maximum Gasteiger partial charge on any atom is 0.312 e. The summed E-state index contributed by atoms with van der Waals surface area (Å²) in [6.07, 6.45) is 0. The van der Waals surface area contributed by atoms with E-state index in [0.717, 1.165) is 4.70 Å². The number of rotatable bonds is 1. The molecule has 0 N–H and O–H groups in total. The Labute approximate surface area is 165 Å². The third-order valence-electron chi connectivity index (χ3n) is 5.05. The number of amides is 3. The Kier molecular flexibility index (Phi) is 5.27. The van der Waals surface area contributed by atoms with Gasteiger partial charge in [-0.3, -0.25) is 14.4 Å². The first-order chi connectivity index (χ1) is 13.5. The highest BCUT2D eigenvalue weighted by atomic mass is 32.1. The lowest BCUT2D eigenvalue weighted by Gasteiger charge is -2.35. The van der Waals surface area contributed by atoms with E-state index < -0.39 is 11.8 Å². The molecule has 2 saturated heterocycles. The number of carbonyl (C=O) groups excluding carboxylic acids is 3. The molecule has 0 unspecified atom stereocenters. The highest BCUT2D eigenvalue weighted by Gasteiger charge is 2.32. The van der Waals surface area contributed by atoms with Gasteiger partial charge in [-0.1, -0.05) is 6.07 Å². The fourth-order valence-electron chi connectivity index (χ4n) is 3.44. The third-order valence-corrected chi connectivity index (χ3v) is 6.14. The van der Waals surface area contributed by atoms with Gasteiger partial charge in [-0.05, 0) is 18.2 Å². The van der Waals surface area contributed by atoms with Gasteiger partial charge in [-0.15, -0.1) is 11.3 Å². The molecular weight excluding hydrogens is 385 g/mol. The van der Waals surface area contributed by atoms with Gasteiger partial charge >= 0.3 is 11.8 Å². The van der Waals surface area contributed by atoms with Crippen LogP contribution in [0.5, 0.6) is 0 Å². The topological polar surface area (TPSA) is 70.2 Å². The van der Waals surface area contributed by atoms with Crippen molar-refractivity contribution in [1.29, 1.82) is 0 Å². The highest BCUT2D eigenvalue weighted by Crippen LogP contribution is 2.28. The van der Waals surface area contributed by atoms with Crippen LogP contribution < -0.4 is 0 Å². The number of carbonyl (C=O) groups is 3. The average molecular weight is 405 g/mol. The molecule has 9 heteroatoms. The van der Waals surface area contributed by atoms with Crippen molar-refractivity contribution >= 4 is 39.1 Å². The molecule has 3 heterocycles. The molecule has 2 fully saturated rings. The van der Waals surface area contributed by atoms with Crippen molar-refractivity contribution in [3.8, 4) is 0 Å². The fourth-order valence-corrected chi connectivity index (χ4v) is 4.48. The smallest absolute Gasteiger partial charge is 0.312 e.